The molecule has 1 heterocycles. The molecule has 0 aromatic heterocycles. The van der Waals surface area contributed by atoms with Crippen LogP contribution in [-0.2, 0) is 9.47 Å². The quantitative estimate of drug-likeness (QED) is 0.641. The zero-order chi connectivity index (χ0) is 9.90. The van der Waals surface area contributed by atoms with Gasteiger partial charge in [0, 0.05) is 12.6 Å². The minimum atomic E-state index is -0.392. The Morgan fingerprint density at radius 3 is 2.69 bits per heavy atom. The van der Waals surface area contributed by atoms with E-state index in [1.165, 1.54) is 0 Å². The number of ether oxygens (including phenoxy) is 2. The lowest BCUT2D eigenvalue weighted by Crippen LogP contribution is -2.53. The van der Waals surface area contributed by atoms with E-state index in [9.17, 15) is 5.11 Å². The predicted molar refractivity (Wildman–Crippen MR) is 49.7 cm³/mol. The molecule has 1 aliphatic rings. The van der Waals surface area contributed by atoms with Crippen LogP contribution in [0, 0.1) is 0 Å². The standard InChI is InChI=1S/C9H19NO3/c1-9(2,6-12-3)10-7-4-13-5-8(7)11/h7-8,10-11H,4-6H2,1-3H3. The Morgan fingerprint density at radius 2 is 2.23 bits per heavy atom. The second-order valence-electron chi connectivity index (χ2n) is 4.17. The van der Waals surface area contributed by atoms with Crippen molar-refractivity contribution in [3.8, 4) is 0 Å². The van der Waals surface area contributed by atoms with Crippen molar-refractivity contribution in [2.24, 2.45) is 0 Å². The van der Waals surface area contributed by atoms with E-state index in [1.54, 1.807) is 7.11 Å². The number of hydrogen-bond acceptors (Lipinski definition) is 4. The van der Waals surface area contributed by atoms with Crippen LogP contribution in [0.25, 0.3) is 0 Å². The molecule has 1 rings (SSSR count). The third-order valence-electron chi connectivity index (χ3n) is 2.13. The van der Waals surface area contributed by atoms with Crippen molar-refractivity contribution in [1.82, 2.24) is 5.32 Å². The Kier molecular flexibility index (Phi) is 3.67. The van der Waals surface area contributed by atoms with Crippen LogP contribution in [0.15, 0.2) is 0 Å². The monoisotopic (exact) mass is 189 g/mol. The van der Waals surface area contributed by atoms with Crippen LogP contribution in [0.5, 0.6) is 0 Å². The van der Waals surface area contributed by atoms with Gasteiger partial charge in [0.15, 0.2) is 0 Å². The predicted octanol–water partition coefficient (Wildman–Crippen LogP) is -0.239. The van der Waals surface area contributed by atoms with Crippen molar-refractivity contribution in [2.75, 3.05) is 26.9 Å². The Balaban J connectivity index is 2.37. The van der Waals surface area contributed by atoms with Crippen molar-refractivity contribution in [2.45, 2.75) is 31.5 Å². The fourth-order valence-corrected chi connectivity index (χ4v) is 1.59. The summed E-state index contributed by atoms with van der Waals surface area (Å²) in [6.45, 7) is 5.72. The molecule has 1 saturated heterocycles. The van der Waals surface area contributed by atoms with Gasteiger partial charge in [-0.2, -0.15) is 0 Å². The van der Waals surface area contributed by atoms with Gasteiger partial charge in [-0.1, -0.05) is 0 Å². The molecule has 2 atom stereocenters. The highest BCUT2D eigenvalue weighted by Gasteiger charge is 2.31. The van der Waals surface area contributed by atoms with E-state index in [1.807, 2.05) is 13.8 Å². The minimum Gasteiger partial charge on any atom is -0.389 e. The van der Waals surface area contributed by atoms with Gasteiger partial charge in [0.2, 0.25) is 0 Å². The maximum Gasteiger partial charge on any atom is 0.0948 e. The molecule has 0 aromatic carbocycles. The molecule has 13 heavy (non-hydrogen) atoms. The maximum absolute atomic E-state index is 9.49. The summed E-state index contributed by atoms with van der Waals surface area (Å²) in [7, 11) is 1.67. The van der Waals surface area contributed by atoms with Crippen molar-refractivity contribution in [3.63, 3.8) is 0 Å². The highest BCUT2D eigenvalue weighted by molar-refractivity contribution is 4.88. The van der Waals surface area contributed by atoms with Crippen LogP contribution in [0.1, 0.15) is 13.8 Å². The van der Waals surface area contributed by atoms with Crippen LogP contribution in [0.2, 0.25) is 0 Å². The molecule has 0 aromatic rings. The highest BCUT2D eigenvalue weighted by atomic mass is 16.5. The highest BCUT2D eigenvalue weighted by Crippen LogP contribution is 2.11. The lowest BCUT2D eigenvalue weighted by Gasteiger charge is -2.29. The second-order valence-corrected chi connectivity index (χ2v) is 4.17. The van der Waals surface area contributed by atoms with Gasteiger partial charge in [-0.15, -0.1) is 0 Å². The first-order valence-electron chi connectivity index (χ1n) is 4.57. The Bertz CT molecular complexity index is 161. The maximum atomic E-state index is 9.49. The lowest BCUT2D eigenvalue weighted by molar-refractivity contribution is 0.0938. The molecule has 78 valence electrons. The zero-order valence-electron chi connectivity index (χ0n) is 8.54. The van der Waals surface area contributed by atoms with Crippen molar-refractivity contribution in [1.29, 1.82) is 0 Å². The van der Waals surface area contributed by atoms with Crippen LogP contribution >= 0.6 is 0 Å². The van der Waals surface area contributed by atoms with Crippen LogP contribution in [0.3, 0.4) is 0 Å². The normalized spacial score (nSPS) is 29.5. The summed E-state index contributed by atoms with van der Waals surface area (Å²) in [6.07, 6.45) is -0.392. The zero-order valence-corrected chi connectivity index (χ0v) is 8.54. The Hall–Kier alpha value is -0.160. The Labute approximate surface area is 79.2 Å². The van der Waals surface area contributed by atoms with Crippen LogP contribution in [-0.4, -0.2) is 49.7 Å². The van der Waals surface area contributed by atoms with Gasteiger partial charge in [-0.25, -0.2) is 0 Å². The summed E-state index contributed by atoms with van der Waals surface area (Å²) >= 11 is 0. The number of rotatable bonds is 4. The largest absolute Gasteiger partial charge is 0.389 e. The molecule has 0 aliphatic carbocycles. The second kappa shape index (κ2) is 4.37. The fourth-order valence-electron chi connectivity index (χ4n) is 1.59. The van der Waals surface area contributed by atoms with Gasteiger partial charge in [0.1, 0.15) is 0 Å². The molecule has 0 bridgehead atoms. The van der Waals surface area contributed by atoms with Gasteiger partial charge >= 0.3 is 0 Å². The van der Waals surface area contributed by atoms with Crippen LogP contribution < -0.4 is 5.32 Å². The van der Waals surface area contributed by atoms with E-state index < -0.39 is 6.10 Å². The molecular weight excluding hydrogens is 170 g/mol. The molecule has 1 fully saturated rings. The van der Waals surface area contributed by atoms with Gasteiger partial charge < -0.3 is 19.9 Å². The van der Waals surface area contributed by atoms with E-state index in [0.717, 1.165) is 0 Å². The molecule has 4 heteroatoms. The topological polar surface area (TPSA) is 50.7 Å². The van der Waals surface area contributed by atoms with Gasteiger partial charge in [0.25, 0.3) is 0 Å². The molecule has 0 amide bonds. The first-order valence-corrected chi connectivity index (χ1v) is 4.57. The minimum absolute atomic E-state index is 0.0325. The number of aliphatic hydroxyl groups excluding tert-OH is 1. The Morgan fingerprint density at radius 1 is 1.54 bits per heavy atom. The van der Waals surface area contributed by atoms with Crippen LogP contribution in [0.4, 0.5) is 0 Å². The van der Waals surface area contributed by atoms with E-state index in [2.05, 4.69) is 5.32 Å². The first-order chi connectivity index (χ1) is 6.05. The number of nitrogens with one attached hydrogen (secondary N) is 1. The van der Waals surface area contributed by atoms with E-state index >= 15 is 0 Å². The number of methoxy groups -OCH3 is 1. The van der Waals surface area contributed by atoms with E-state index in [0.29, 0.717) is 19.8 Å². The molecule has 1 aliphatic heterocycles. The molecule has 4 nitrogen and oxygen atoms in total. The summed E-state index contributed by atoms with van der Waals surface area (Å²) in [5.74, 6) is 0. The van der Waals surface area contributed by atoms with Gasteiger partial charge in [-0.05, 0) is 13.8 Å². The lowest BCUT2D eigenvalue weighted by atomic mass is 10.0. The molecule has 2 unspecified atom stereocenters. The van der Waals surface area contributed by atoms with Crippen molar-refractivity contribution >= 4 is 0 Å². The smallest absolute Gasteiger partial charge is 0.0948 e. The third-order valence-corrected chi connectivity index (χ3v) is 2.13. The third kappa shape index (κ3) is 3.23. The van der Waals surface area contributed by atoms with E-state index in [-0.39, 0.29) is 11.6 Å². The molecule has 0 radical (unpaired) electrons. The van der Waals surface area contributed by atoms with Gasteiger partial charge in [-0.3, -0.25) is 0 Å². The fraction of sp³-hybridized carbons (Fsp3) is 1.00. The summed E-state index contributed by atoms with van der Waals surface area (Å²) in [5.41, 5.74) is -0.117. The van der Waals surface area contributed by atoms with Crippen molar-refractivity contribution in [3.05, 3.63) is 0 Å². The van der Waals surface area contributed by atoms with Gasteiger partial charge in [0.05, 0.1) is 32.0 Å². The SMILES string of the molecule is COCC(C)(C)NC1COCC1O. The summed E-state index contributed by atoms with van der Waals surface area (Å²) in [6, 6.07) is 0.0325. The first kappa shape index (κ1) is 10.9. The number of aliphatic hydroxyl groups is 1. The summed E-state index contributed by atoms with van der Waals surface area (Å²) < 4.78 is 10.2. The molecule has 0 spiro atoms. The average Bonchev–Trinajstić information content (AvgIpc) is 2.35. The average molecular weight is 189 g/mol. The molecular formula is C9H19NO3. The molecule has 2 N–H and O–H groups in total. The van der Waals surface area contributed by atoms with E-state index in [4.69, 9.17) is 9.47 Å². The molecule has 0 saturated carbocycles. The number of hydrogen-bond donors (Lipinski definition) is 2. The van der Waals surface area contributed by atoms with Crippen molar-refractivity contribution < 1.29 is 14.6 Å². The summed E-state index contributed by atoms with van der Waals surface area (Å²) in [5, 5.41) is 12.8. The summed E-state index contributed by atoms with van der Waals surface area (Å²) in [4.78, 5) is 0.